The van der Waals surface area contributed by atoms with Crippen LogP contribution in [0, 0.1) is 35.0 Å². The molecule has 12 atom stereocenters. The Balaban J connectivity index is 1.43. The number of aliphatic hydroxyl groups is 1. The van der Waals surface area contributed by atoms with Crippen LogP contribution in [0.2, 0.25) is 0 Å². The Morgan fingerprint density at radius 3 is 2.39 bits per heavy atom. The number of aldehydes is 1. The van der Waals surface area contributed by atoms with Gasteiger partial charge in [-0.25, -0.2) is 9.78 Å². The van der Waals surface area contributed by atoms with Crippen LogP contribution in [-0.4, -0.2) is 103 Å². The van der Waals surface area contributed by atoms with Gasteiger partial charge < -0.3 is 28.6 Å². The first-order chi connectivity index (χ1) is 26.4. The summed E-state index contributed by atoms with van der Waals surface area (Å²) in [5.74, 6) is -5.38. The van der Waals surface area contributed by atoms with Gasteiger partial charge in [0.25, 0.3) is 0 Å². The Hall–Kier alpha value is -4.01. The predicted molar refractivity (Wildman–Crippen MR) is 205 cm³/mol. The molecule has 5 heterocycles. The van der Waals surface area contributed by atoms with Crippen LogP contribution in [0.5, 0.6) is 0 Å². The summed E-state index contributed by atoms with van der Waals surface area (Å²) in [7, 11) is 0. The molecule has 3 aliphatic heterocycles. The number of unbranched alkanes of at least 4 members (excludes halogenated alkanes) is 1. The molecule has 14 heteroatoms. The molecule has 2 aromatic heterocycles. The van der Waals surface area contributed by atoms with Crippen molar-refractivity contribution < 1.29 is 48.0 Å². The fourth-order valence-corrected chi connectivity index (χ4v) is 9.21. The Morgan fingerprint density at radius 1 is 1.02 bits per heavy atom. The SMILES string of the molecule is CC[C@H]1OC(=O)[C@H](C)C(=O)[C@H](C)[C@@H](O[C@@H]2O[C@H](C)C[C@H](C)[C@H]2O)C(C)(C)C[C@@H](C)C(=O)[C@H](C)[C@H]2N(CCCCn3cnc(-c4cccnc4)c3)C(=O)O[C@]12C=O. The Labute approximate surface area is 330 Å². The Bertz CT molecular complexity index is 1720. The van der Waals surface area contributed by atoms with Crippen molar-refractivity contribution in [2.75, 3.05) is 6.54 Å². The molecule has 3 fully saturated rings. The summed E-state index contributed by atoms with van der Waals surface area (Å²) in [5.41, 5.74) is -1.18. The first-order valence-electron chi connectivity index (χ1n) is 20.1. The van der Waals surface area contributed by atoms with Gasteiger partial charge in [0.2, 0.25) is 5.60 Å². The molecule has 0 bridgehead atoms. The molecule has 1 amide bonds. The molecular formula is C42H60N4O10. The van der Waals surface area contributed by atoms with E-state index >= 15 is 0 Å². The third-order valence-electron chi connectivity index (χ3n) is 12.2. The summed E-state index contributed by atoms with van der Waals surface area (Å²) in [6.45, 7) is 16.7. The molecule has 5 rings (SSSR count). The maximum atomic E-state index is 14.6. The highest BCUT2D eigenvalue weighted by Crippen LogP contribution is 2.44. The number of carbonyl (C=O) groups is 5. The quantitative estimate of drug-likeness (QED) is 0.140. The van der Waals surface area contributed by atoms with E-state index in [1.165, 1.54) is 11.8 Å². The standard InChI is InChI=1S/C42H60N4O10/c1-10-32-42(22-47)36(46(40(52)56-42)17-12-11-16-45-21-31(44-23-45)30-14-13-15-43-20-30)27(5)33(48)25(3)19-41(8,9)37(28(6)35(50)29(7)38(51)54-32)55-39-34(49)24(2)18-26(4)53-39/h13-15,20-29,32,34,36-37,39,49H,10-12,16-19H2,1-9H3/t24-,25+,26+,27-,28-,29+,32+,34+,36+,37+,39-,42+/m0/s1. The van der Waals surface area contributed by atoms with Crippen molar-refractivity contribution in [1.29, 1.82) is 0 Å². The lowest BCUT2D eigenvalue weighted by Gasteiger charge is -2.45. The second-order valence-corrected chi connectivity index (χ2v) is 17.0. The molecule has 3 aliphatic rings. The fraction of sp³-hybridized carbons (Fsp3) is 0.690. The number of hydrogen-bond donors (Lipinski definition) is 1. The summed E-state index contributed by atoms with van der Waals surface area (Å²) >= 11 is 0. The number of nitrogens with zero attached hydrogens (tertiary/aromatic N) is 4. The van der Waals surface area contributed by atoms with Gasteiger partial charge in [0.15, 0.2) is 24.5 Å². The third-order valence-corrected chi connectivity index (χ3v) is 12.2. The largest absolute Gasteiger partial charge is 0.457 e. The first kappa shape index (κ1) is 43.1. The second kappa shape index (κ2) is 17.6. The minimum absolute atomic E-state index is 0.0704. The van der Waals surface area contributed by atoms with Crippen LogP contribution in [-0.2, 0) is 44.7 Å². The van der Waals surface area contributed by atoms with Gasteiger partial charge in [0.1, 0.15) is 17.8 Å². The van der Waals surface area contributed by atoms with Crippen molar-refractivity contribution in [3.05, 3.63) is 37.1 Å². The van der Waals surface area contributed by atoms with Crippen molar-refractivity contribution in [2.24, 2.45) is 35.0 Å². The van der Waals surface area contributed by atoms with E-state index in [2.05, 4.69) is 9.97 Å². The normalized spacial score (nSPS) is 35.7. The lowest BCUT2D eigenvalue weighted by atomic mass is 9.69. The Morgan fingerprint density at radius 2 is 1.73 bits per heavy atom. The number of hydrogen-bond acceptors (Lipinski definition) is 12. The zero-order chi connectivity index (χ0) is 41.1. The lowest BCUT2D eigenvalue weighted by Crippen LogP contribution is -2.60. The Kier molecular flexibility index (Phi) is 13.6. The molecule has 0 unspecified atom stereocenters. The van der Waals surface area contributed by atoms with Gasteiger partial charge in [0, 0.05) is 55.0 Å². The predicted octanol–water partition coefficient (Wildman–Crippen LogP) is 5.44. The molecule has 14 nitrogen and oxygen atoms in total. The smallest absolute Gasteiger partial charge is 0.411 e. The summed E-state index contributed by atoms with van der Waals surface area (Å²) in [6, 6.07) is 2.68. The van der Waals surface area contributed by atoms with E-state index in [4.69, 9.17) is 18.9 Å². The second-order valence-electron chi connectivity index (χ2n) is 17.0. The molecule has 308 valence electrons. The van der Waals surface area contributed by atoms with Gasteiger partial charge in [0.05, 0.1) is 30.3 Å². The van der Waals surface area contributed by atoms with Crippen molar-refractivity contribution in [3.63, 3.8) is 0 Å². The first-order valence-corrected chi connectivity index (χ1v) is 20.1. The van der Waals surface area contributed by atoms with E-state index in [-0.39, 0.29) is 37.2 Å². The van der Waals surface area contributed by atoms with E-state index in [0.717, 1.165) is 11.3 Å². The number of fused-ring (bicyclic) bond motifs is 1. The molecule has 0 spiro atoms. The van der Waals surface area contributed by atoms with Crippen LogP contribution < -0.4 is 0 Å². The number of imidazole rings is 1. The zero-order valence-corrected chi connectivity index (χ0v) is 34.3. The molecule has 56 heavy (non-hydrogen) atoms. The number of ketones is 2. The number of aromatic nitrogens is 3. The van der Waals surface area contributed by atoms with Crippen molar-refractivity contribution in [1.82, 2.24) is 19.4 Å². The number of amides is 1. The number of aryl methyl sites for hydroxylation is 1. The highest BCUT2D eigenvalue weighted by molar-refractivity contribution is 6.00. The van der Waals surface area contributed by atoms with Crippen molar-refractivity contribution >= 4 is 29.9 Å². The lowest BCUT2D eigenvalue weighted by molar-refractivity contribution is -0.284. The van der Waals surface area contributed by atoms with Crippen LogP contribution in [0.1, 0.15) is 94.4 Å². The van der Waals surface area contributed by atoms with Gasteiger partial charge in [-0.15, -0.1) is 0 Å². The van der Waals surface area contributed by atoms with E-state index < -0.39 is 83.2 Å². The fourth-order valence-electron chi connectivity index (χ4n) is 9.21. The van der Waals surface area contributed by atoms with Crippen LogP contribution in [0.3, 0.4) is 0 Å². The van der Waals surface area contributed by atoms with Crippen LogP contribution >= 0.6 is 0 Å². The number of pyridine rings is 1. The maximum Gasteiger partial charge on any atom is 0.411 e. The summed E-state index contributed by atoms with van der Waals surface area (Å²) in [6.07, 6.45) is 4.61. The topological polar surface area (TPSA) is 176 Å². The molecule has 3 saturated heterocycles. The van der Waals surface area contributed by atoms with Gasteiger partial charge in [-0.3, -0.25) is 29.1 Å². The summed E-state index contributed by atoms with van der Waals surface area (Å²) in [4.78, 5) is 79.7. The average molecular weight is 781 g/mol. The van der Waals surface area contributed by atoms with Gasteiger partial charge in [-0.1, -0.05) is 48.5 Å². The van der Waals surface area contributed by atoms with Crippen molar-refractivity contribution in [2.45, 2.75) is 143 Å². The number of carbonyl (C=O) groups excluding carboxylic acids is 5. The molecule has 1 N–H and O–H groups in total. The van der Waals surface area contributed by atoms with Gasteiger partial charge >= 0.3 is 12.1 Å². The monoisotopic (exact) mass is 780 g/mol. The minimum atomic E-state index is -2.00. The number of esters is 1. The highest BCUT2D eigenvalue weighted by atomic mass is 16.7. The molecular weight excluding hydrogens is 720 g/mol. The van der Waals surface area contributed by atoms with E-state index in [1.54, 1.807) is 46.4 Å². The molecule has 0 radical (unpaired) electrons. The number of cyclic esters (lactones) is 1. The summed E-state index contributed by atoms with van der Waals surface area (Å²) < 4.78 is 26.4. The van der Waals surface area contributed by atoms with E-state index in [9.17, 15) is 29.1 Å². The number of Topliss-reactive ketones (excluding diaryl/α,β-unsaturated/α-hetero) is 2. The van der Waals surface area contributed by atoms with Crippen LogP contribution in [0.4, 0.5) is 4.79 Å². The summed E-state index contributed by atoms with van der Waals surface area (Å²) in [5, 5.41) is 11.1. The van der Waals surface area contributed by atoms with E-state index in [0.29, 0.717) is 32.1 Å². The van der Waals surface area contributed by atoms with Gasteiger partial charge in [-0.05, 0) is 69.4 Å². The van der Waals surface area contributed by atoms with Crippen molar-refractivity contribution in [3.8, 4) is 11.3 Å². The van der Waals surface area contributed by atoms with Crippen LogP contribution in [0.15, 0.2) is 37.1 Å². The third kappa shape index (κ3) is 8.77. The van der Waals surface area contributed by atoms with Crippen LogP contribution in [0.25, 0.3) is 11.3 Å². The molecule has 0 aromatic carbocycles. The zero-order valence-electron chi connectivity index (χ0n) is 34.3. The number of ether oxygens (including phenoxy) is 4. The minimum Gasteiger partial charge on any atom is -0.457 e. The molecule has 0 aliphatic carbocycles. The van der Waals surface area contributed by atoms with E-state index in [1.807, 2.05) is 50.6 Å². The molecule has 2 aromatic rings. The number of aliphatic hydroxyl groups excluding tert-OH is 1. The molecule has 0 saturated carbocycles. The average Bonchev–Trinajstić information content (AvgIpc) is 3.76. The maximum absolute atomic E-state index is 14.6. The van der Waals surface area contributed by atoms with Gasteiger partial charge in [-0.2, -0.15) is 0 Å². The number of rotatable bonds is 10. The highest BCUT2D eigenvalue weighted by Gasteiger charge is 2.63.